The van der Waals surface area contributed by atoms with E-state index in [0.29, 0.717) is 15.9 Å². The fraction of sp³-hybridized carbons (Fsp3) is 0.333. The molecule has 0 amide bonds. The maximum Gasteiger partial charge on any atom is 0.178 e. The van der Waals surface area contributed by atoms with Gasteiger partial charge in [-0.3, -0.25) is 0 Å². The Balaban J connectivity index is 2.61. The summed E-state index contributed by atoms with van der Waals surface area (Å²) in [6, 6.07) is 6.01. The first-order chi connectivity index (χ1) is 6.25. The molecule has 0 aliphatic carbocycles. The summed E-state index contributed by atoms with van der Waals surface area (Å²) < 4.78 is 19.1. The molecule has 1 aromatic carbocycles. The smallest absolute Gasteiger partial charge is 0.178 e. The SMILES string of the molecule is Fc1c(I)cccc1OCCC[Si]. The first kappa shape index (κ1) is 11.0. The Morgan fingerprint density at radius 2 is 2.23 bits per heavy atom. The van der Waals surface area contributed by atoms with Gasteiger partial charge in [0.15, 0.2) is 11.6 Å². The summed E-state index contributed by atoms with van der Waals surface area (Å²) in [7, 11) is 3.33. The average molecular weight is 307 g/mol. The van der Waals surface area contributed by atoms with Gasteiger partial charge in [-0.2, -0.15) is 0 Å². The molecular weight excluding hydrogens is 298 g/mol. The second-order valence-corrected chi connectivity index (χ2v) is 4.17. The predicted molar refractivity (Wildman–Crippen MR) is 59.8 cm³/mol. The molecule has 0 aromatic heterocycles. The van der Waals surface area contributed by atoms with Gasteiger partial charge in [-0.05, 0) is 41.1 Å². The minimum Gasteiger partial charge on any atom is -0.490 e. The van der Waals surface area contributed by atoms with Crippen LogP contribution in [0.3, 0.4) is 0 Å². The van der Waals surface area contributed by atoms with Gasteiger partial charge in [0.1, 0.15) is 0 Å². The number of hydrogen-bond donors (Lipinski definition) is 0. The molecule has 3 radical (unpaired) electrons. The molecule has 0 saturated heterocycles. The molecule has 0 unspecified atom stereocenters. The molecule has 1 rings (SSSR count). The van der Waals surface area contributed by atoms with Crippen LogP contribution in [0.1, 0.15) is 6.42 Å². The minimum atomic E-state index is -0.267. The van der Waals surface area contributed by atoms with Crippen LogP contribution in [0.4, 0.5) is 4.39 Å². The van der Waals surface area contributed by atoms with Crippen molar-refractivity contribution in [1.82, 2.24) is 0 Å². The average Bonchev–Trinajstić information content (AvgIpc) is 2.13. The summed E-state index contributed by atoms with van der Waals surface area (Å²) in [6.45, 7) is 0.542. The Morgan fingerprint density at radius 3 is 2.92 bits per heavy atom. The summed E-state index contributed by atoms with van der Waals surface area (Å²) in [6.07, 6.45) is 0.877. The van der Waals surface area contributed by atoms with Gasteiger partial charge in [0.05, 0.1) is 10.2 Å². The highest BCUT2D eigenvalue weighted by atomic mass is 127. The number of rotatable bonds is 4. The van der Waals surface area contributed by atoms with E-state index in [1.165, 1.54) is 0 Å². The van der Waals surface area contributed by atoms with E-state index in [9.17, 15) is 4.39 Å². The summed E-state index contributed by atoms with van der Waals surface area (Å²) in [5, 5.41) is 0. The molecule has 0 atom stereocenters. The molecule has 0 bridgehead atoms. The van der Waals surface area contributed by atoms with Crippen LogP contribution in [0.15, 0.2) is 18.2 Å². The van der Waals surface area contributed by atoms with Crippen molar-refractivity contribution in [3.05, 3.63) is 27.6 Å². The number of benzene rings is 1. The standard InChI is InChI=1S/C9H9FIOSi/c10-9-7(11)3-1-4-8(9)12-5-2-6-13/h1,3-4H,2,5-6H2. The highest BCUT2D eigenvalue weighted by Crippen LogP contribution is 2.21. The first-order valence-electron chi connectivity index (χ1n) is 3.97. The van der Waals surface area contributed by atoms with Crippen molar-refractivity contribution in [2.24, 2.45) is 0 Å². The van der Waals surface area contributed by atoms with Crippen LogP contribution in [0.25, 0.3) is 0 Å². The normalized spacial score (nSPS) is 10.1. The summed E-state index contributed by atoms with van der Waals surface area (Å²) in [5.41, 5.74) is 0. The molecule has 1 aromatic rings. The van der Waals surface area contributed by atoms with E-state index in [-0.39, 0.29) is 5.82 Å². The Hall–Kier alpha value is -0.103. The third-order valence-corrected chi connectivity index (χ3v) is 2.68. The molecule has 0 aliphatic heterocycles. The molecule has 0 heterocycles. The molecular formula is C9H9FIOSi. The Morgan fingerprint density at radius 1 is 1.46 bits per heavy atom. The van der Waals surface area contributed by atoms with Gasteiger partial charge < -0.3 is 4.74 Å². The van der Waals surface area contributed by atoms with Crippen molar-refractivity contribution in [2.75, 3.05) is 6.61 Å². The Labute approximate surface area is 94.2 Å². The molecule has 4 heteroatoms. The molecule has 13 heavy (non-hydrogen) atoms. The van der Waals surface area contributed by atoms with Crippen molar-refractivity contribution < 1.29 is 9.13 Å². The number of hydrogen-bond acceptors (Lipinski definition) is 1. The molecule has 0 fully saturated rings. The van der Waals surface area contributed by atoms with Crippen molar-refractivity contribution in [2.45, 2.75) is 12.5 Å². The van der Waals surface area contributed by atoms with E-state index < -0.39 is 0 Å². The number of halogens is 2. The Kier molecular flexibility index (Phi) is 4.72. The van der Waals surface area contributed by atoms with Crippen LogP contribution in [-0.2, 0) is 0 Å². The molecule has 0 spiro atoms. The van der Waals surface area contributed by atoms with Gasteiger partial charge >= 0.3 is 0 Å². The maximum atomic E-state index is 13.3. The first-order valence-corrected chi connectivity index (χ1v) is 5.75. The fourth-order valence-corrected chi connectivity index (χ4v) is 1.47. The van der Waals surface area contributed by atoms with E-state index in [2.05, 4.69) is 10.2 Å². The zero-order chi connectivity index (χ0) is 9.68. The van der Waals surface area contributed by atoms with E-state index in [4.69, 9.17) is 4.74 Å². The summed E-state index contributed by atoms with van der Waals surface area (Å²) >= 11 is 1.95. The van der Waals surface area contributed by atoms with Gasteiger partial charge in [-0.25, -0.2) is 4.39 Å². The highest BCUT2D eigenvalue weighted by molar-refractivity contribution is 14.1. The predicted octanol–water partition coefficient (Wildman–Crippen LogP) is 2.79. The molecule has 0 saturated carbocycles. The monoisotopic (exact) mass is 307 g/mol. The molecule has 0 N–H and O–H groups in total. The van der Waals surface area contributed by atoms with Crippen LogP contribution < -0.4 is 4.74 Å². The van der Waals surface area contributed by atoms with Crippen LogP contribution in [0.2, 0.25) is 6.04 Å². The maximum absolute atomic E-state index is 13.3. The van der Waals surface area contributed by atoms with Crippen LogP contribution in [0.5, 0.6) is 5.75 Å². The largest absolute Gasteiger partial charge is 0.490 e. The van der Waals surface area contributed by atoms with Gasteiger partial charge in [-0.1, -0.05) is 12.1 Å². The quantitative estimate of drug-likeness (QED) is 0.472. The topological polar surface area (TPSA) is 9.23 Å². The lowest BCUT2D eigenvalue weighted by Crippen LogP contribution is -1.99. The number of ether oxygens (including phenoxy) is 1. The van der Waals surface area contributed by atoms with Gasteiger partial charge in [0.25, 0.3) is 0 Å². The zero-order valence-corrected chi connectivity index (χ0v) is 10.2. The van der Waals surface area contributed by atoms with Crippen LogP contribution in [-0.4, -0.2) is 16.8 Å². The van der Waals surface area contributed by atoms with Gasteiger partial charge in [0, 0.05) is 10.2 Å². The van der Waals surface area contributed by atoms with Crippen LogP contribution >= 0.6 is 22.6 Å². The summed E-state index contributed by atoms with van der Waals surface area (Å²) in [5.74, 6) is 0.0732. The molecule has 69 valence electrons. The lowest BCUT2D eigenvalue weighted by Gasteiger charge is -2.06. The Bertz CT molecular complexity index is 280. The lowest BCUT2D eigenvalue weighted by atomic mass is 10.3. The van der Waals surface area contributed by atoms with E-state index in [0.717, 1.165) is 12.5 Å². The second kappa shape index (κ2) is 5.59. The van der Waals surface area contributed by atoms with Crippen molar-refractivity contribution in [3.8, 4) is 5.75 Å². The summed E-state index contributed by atoms with van der Waals surface area (Å²) in [4.78, 5) is 0. The lowest BCUT2D eigenvalue weighted by molar-refractivity contribution is 0.300. The van der Waals surface area contributed by atoms with Gasteiger partial charge in [-0.15, -0.1) is 0 Å². The third-order valence-electron chi connectivity index (χ3n) is 1.49. The van der Waals surface area contributed by atoms with Crippen molar-refractivity contribution >= 4 is 32.8 Å². The zero-order valence-electron chi connectivity index (χ0n) is 7.02. The van der Waals surface area contributed by atoms with Crippen LogP contribution in [0, 0.1) is 9.39 Å². The van der Waals surface area contributed by atoms with E-state index in [1.807, 2.05) is 22.6 Å². The molecule has 0 aliphatic rings. The highest BCUT2D eigenvalue weighted by Gasteiger charge is 2.05. The third kappa shape index (κ3) is 3.26. The van der Waals surface area contributed by atoms with E-state index >= 15 is 0 Å². The van der Waals surface area contributed by atoms with E-state index in [1.54, 1.807) is 18.2 Å². The van der Waals surface area contributed by atoms with Crippen molar-refractivity contribution in [1.29, 1.82) is 0 Å². The van der Waals surface area contributed by atoms with Gasteiger partial charge in [0.2, 0.25) is 0 Å². The second-order valence-electron chi connectivity index (χ2n) is 2.50. The minimum absolute atomic E-state index is 0.267. The van der Waals surface area contributed by atoms with Crippen molar-refractivity contribution in [3.63, 3.8) is 0 Å². The molecule has 1 nitrogen and oxygen atoms in total. The fourth-order valence-electron chi connectivity index (χ4n) is 0.850.